The summed E-state index contributed by atoms with van der Waals surface area (Å²) < 4.78 is 76.0. The van der Waals surface area contributed by atoms with Crippen LogP contribution in [0.1, 0.15) is 29.0 Å². The summed E-state index contributed by atoms with van der Waals surface area (Å²) in [5.74, 6) is 0. The summed E-state index contributed by atoms with van der Waals surface area (Å²) in [6.07, 6.45) is 10.3. The van der Waals surface area contributed by atoms with Gasteiger partial charge in [0.1, 0.15) is 13.7 Å². The molecule has 0 bridgehead atoms. The topological polar surface area (TPSA) is 95.4 Å². The third kappa shape index (κ3) is 21.6. The van der Waals surface area contributed by atoms with E-state index >= 15 is 0 Å². The predicted octanol–water partition coefficient (Wildman–Crippen LogP) is 25.5. The molecule has 15 heteroatoms. The number of furan rings is 1. The number of rotatable bonds is 11. The molecule has 20 rings (SSSR count). The second-order valence-electron chi connectivity index (χ2n) is 31.2. The maximum atomic E-state index is 7.23. The minimum Gasteiger partial charge on any atom is -0.476 e. The Kier molecular flexibility index (Phi) is 26.3. The number of nitrogens with zero attached hydrogens (tertiary/aromatic N) is 7. The quantitative estimate of drug-likeness (QED) is 0.0940. The number of aromatic nitrogens is 7. The van der Waals surface area contributed by atoms with Crippen LogP contribution in [0.25, 0.3) is 137 Å². The SMILES string of the molecule is C[Si](C)(C)c1ccc(-c2[c-]cc3c(c2)oc2ccccc23)nc1.C[Si](C)(C)c1ccc(-c2[c-]cc3c4ccccc4n(-c4ccccc4)c3c2)nc1.C[Si](C)(c1ccccc1)c1ccc(-c2[c-]ccc3c2sc2ccccc23)nc1.[2H]C([2H])([2H])c1ccc(-c2[c-]cccc2)nc1.[2H]C([2H])([2H])c1ccc(-c2[c-]cccc2)nc1.[2H]C([2H])([2H])c1ccc(-c2[c-]cccc2)nc1.[Ir].[Ir].[Ir]. The second-order valence-corrected chi connectivity index (χ2v) is 46.8. The molecule has 0 aliphatic carbocycles. The number of hydrogen-bond acceptors (Lipinski definition) is 8. The number of benzene rings is 11. The fourth-order valence-electron chi connectivity index (χ4n) is 13.8. The molecule has 8 nitrogen and oxygen atoms in total. The van der Waals surface area contributed by atoms with Gasteiger partial charge in [-0.3, -0.25) is 0 Å². The fraction of sp³-hybridized carbons (Fsp3) is 0.103. The van der Waals surface area contributed by atoms with Crippen molar-refractivity contribution in [1.29, 1.82) is 0 Å². The molecule has 0 atom stereocenters. The van der Waals surface area contributed by atoms with E-state index in [-0.39, 0.29) is 77.0 Å². The monoisotopic (exact) mass is 2190 g/mol. The smallest absolute Gasteiger partial charge is 0.123 e. The summed E-state index contributed by atoms with van der Waals surface area (Å²) in [5, 5.41) is 12.8. The van der Waals surface area contributed by atoms with Gasteiger partial charge < -0.3 is 38.9 Å². The van der Waals surface area contributed by atoms with Crippen molar-refractivity contribution in [2.24, 2.45) is 0 Å². The molecule has 0 spiro atoms. The van der Waals surface area contributed by atoms with Gasteiger partial charge in [0.25, 0.3) is 0 Å². The zero-order chi connectivity index (χ0) is 90.0. The second kappa shape index (κ2) is 41.1. The first-order chi connectivity index (χ1) is 61.4. The first-order valence-corrected chi connectivity index (χ1v) is 50.1. The number of aryl methyl sites for hydroxylation is 3. The van der Waals surface area contributed by atoms with Crippen molar-refractivity contribution in [1.82, 2.24) is 34.5 Å². The van der Waals surface area contributed by atoms with E-state index < -0.39 is 44.8 Å². The number of thiophene rings is 1. The van der Waals surface area contributed by atoms with E-state index in [2.05, 4.69) is 289 Å². The Hall–Kier alpha value is -11.3. The van der Waals surface area contributed by atoms with Gasteiger partial charge in [0.15, 0.2) is 0 Å². The van der Waals surface area contributed by atoms with Crippen LogP contribution in [-0.4, -0.2) is 58.7 Å². The van der Waals surface area contributed by atoms with Crippen molar-refractivity contribution in [3.05, 3.63) is 406 Å². The Bertz CT molecular complexity index is 6920. The standard InChI is InChI=1S/C26H23N2Si.C25H20NSSi.C20H18NOSi.3C12H10N.3Ir/c1-29(2,3)21-14-16-24(27-18-21)19-13-15-23-22-11-7-8-12-25(22)28(26(23)17-19)20-9-5-4-6-10-20;1-28(2,18-9-4-3-5-10-18)19-15-16-23(26-17-19)22-13-8-12-21-20-11-6-7-14-24(20)27-25(21)22;1-23(2,3)15-9-11-18(21-13-15)14-8-10-17-16-6-4-5-7-19(16)22-20(17)12-14;3*1-10-7-8-12(13-9-10)11-5-3-2-4-6-11;;;/h4-12,14-18H,1-3H3;3-12,14-17H,1-2H3;4-7,9-13H,1-3H3;3*2-5,7-9H,1H3;;;/q6*-1;;;/i;;;3*1D3;;;. The van der Waals surface area contributed by atoms with Crippen molar-refractivity contribution in [3.8, 4) is 73.2 Å². The van der Waals surface area contributed by atoms with Gasteiger partial charge in [-0.25, -0.2) is 0 Å². The zero-order valence-corrected chi connectivity index (χ0v) is 79.4. The van der Waals surface area contributed by atoms with E-state index in [0.29, 0.717) is 0 Å². The zero-order valence-electron chi connectivity index (χ0n) is 77.4. The summed E-state index contributed by atoms with van der Waals surface area (Å²) in [6, 6.07) is 124. The molecule has 0 N–H and O–H groups in total. The number of fused-ring (bicyclic) bond motifs is 9. The van der Waals surface area contributed by atoms with E-state index in [1.54, 1.807) is 54.6 Å². The van der Waals surface area contributed by atoms with Crippen LogP contribution < -0.4 is 20.7 Å². The van der Waals surface area contributed by atoms with E-state index in [9.17, 15) is 0 Å². The summed E-state index contributed by atoms with van der Waals surface area (Å²) in [4.78, 5) is 26.7. The molecular formula is C107H91Ir3N7OSSi3-6. The van der Waals surface area contributed by atoms with E-state index in [1.165, 1.54) is 81.3 Å². The Labute approximate surface area is 777 Å². The van der Waals surface area contributed by atoms with Gasteiger partial charge in [-0.1, -0.05) is 256 Å². The number of hydrogen-bond donors (Lipinski definition) is 0. The molecule has 20 aromatic rings. The average Bonchev–Trinajstić information content (AvgIpc) is 1.59. The van der Waals surface area contributed by atoms with Gasteiger partial charge >= 0.3 is 0 Å². The molecule has 9 heterocycles. The van der Waals surface area contributed by atoms with Crippen molar-refractivity contribution in [3.63, 3.8) is 0 Å². The van der Waals surface area contributed by atoms with E-state index in [0.717, 1.165) is 95.2 Å². The van der Waals surface area contributed by atoms with Crippen LogP contribution in [0, 0.1) is 57.0 Å². The van der Waals surface area contributed by atoms with Gasteiger partial charge in [0.05, 0.1) is 21.7 Å². The molecule has 0 aliphatic rings. The van der Waals surface area contributed by atoms with Gasteiger partial charge in [0.2, 0.25) is 0 Å². The van der Waals surface area contributed by atoms with Crippen LogP contribution in [0.2, 0.25) is 52.4 Å². The minimum absolute atomic E-state index is 0. The number of para-hydroxylation sites is 3. The van der Waals surface area contributed by atoms with Crippen molar-refractivity contribution >= 4 is 120 Å². The maximum Gasteiger partial charge on any atom is 0.123 e. The van der Waals surface area contributed by atoms with Crippen molar-refractivity contribution in [2.45, 2.75) is 72.9 Å². The van der Waals surface area contributed by atoms with E-state index in [1.807, 2.05) is 115 Å². The molecule has 122 heavy (non-hydrogen) atoms. The summed E-state index contributed by atoms with van der Waals surface area (Å²) in [7, 11) is -4.40. The van der Waals surface area contributed by atoms with Crippen molar-refractivity contribution < 1.29 is 77.1 Å². The molecule has 611 valence electrons. The third-order valence-corrected chi connectivity index (χ3v) is 29.3. The first kappa shape index (κ1) is 78.0. The Morgan fingerprint density at radius 3 is 1.24 bits per heavy atom. The Morgan fingerprint density at radius 1 is 0.311 bits per heavy atom. The molecule has 0 saturated heterocycles. The van der Waals surface area contributed by atoms with Gasteiger partial charge in [0, 0.05) is 126 Å². The van der Waals surface area contributed by atoms with Gasteiger partial charge in [-0.15, -0.1) is 173 Å². The van der Waals surface area contributed by atoms with E-state index in [4.69, 9.17) is 26.7 Å². The van der Waals surface area contributed by atoms with Crippen LogP contribution in [0.3, 0.4) is 0 Å². The fourth-order valence-corrected chi connectivity index (χ4v) is 19.4. The molecule has 0 amide bonds. The maximum absolute atomic E-state index is 7.23. The van der Waals surface area contributed by atoms with Crippen LogP contribution in [-0.2, 0) is 60.3 Å². The largest absolute Gasteiger partial charge is 0.476 e. The molecule has 9 aromatic heterocycles. The predicted molar refractivity (Wildman–Crippen MR) is 509 cm³/mol. The molecule has 0 unspecified atom stereocenters. The summed E-state index contributed by atoms with van der Waals surface area (Å²) in [6.45, 7) is 12.5. The molecular weight excluding hydrogens is 2090 g/mol. The molecule has 0 aliphatic heterocycles. The van der Waals surface area contributed by atoms with Crippen LogP contribution in [0.5, 0.6) is 0 Å². The molecule has 3 radical (unpaired) electrons. The van der Waals surface area contributed by atoms with Crippen molar-refractivity contribution in [2.75, 3.05) is 0 Å². The minimum atomic E-state index is -2.09. The summed E-state index contributed by atoms with van der Waals surface area (Å²) in [5.41, 5.74) is 16.9. The molecule has 0 fully saturated rings. The van der Waals surface area contributed by atoms with Gasteiger partial charge in [-0.2, -0.15) is 11.3 Å². The van der Waals surface area contributed by atoms with Crippen LogP contribution >= 0.6 is 11.3 Å². The average molecular weight is 2190 g/mol. The van der Waals surface area contributed by atoms with Gasteiger partial charge in [-0.05, 0) is 144 Å². The summed E-state index contributed by atoms with van der Waals surface area (Å²) >= 11 is 1.83. The molecule has 11 aromatic carbocycles. The molecule has 0 saturated carbocycles. The first-order valence-electron chi connectivity index (χ1n) is 43.8. The van der Waals surface area contributed by atoms with Crippen LogP contribution in [0.15, 0.2) is 357 Å². The van der Waals surface area contributed by atoms with Crippen LogP contribution in [0.4, 0.5) is 0 Å². The third-order valence-electron chi connectivity index (χ3n) is 20.6. The Morgan fingerprint density at radius 2 is 0.746 bits per heavy atom. The number of pyridine rings is 6. The normalized spacial score (nSPS) is 12.4. The Balaban J connectivity index is 0.000000144.